The van der Waals surface area contributed by atoms with Gasteiger partial charge in [-0.3, -0.25) is 15.0 Å². The minimum absolute atomic E-state index is 0.0660. The zero-order chi connectivity index (χ0) is 94.9. The van der Waals surface area contributed by atoms with E-state index in [2.05, 4.69) is 306 Å². The molecule has 1 N–H and O–H groups in total. The lowest BCUT2D eigenvalue weighted by molar-refractivity contribution is 0.354. The van der Waals surface area contributed by atoms with Gasteiger partial charge in [0.15, 0.2) is 0 Å². The lowest BCUT2D eigenvalue weighted by Crippen LogP contribution is -2.21. The highest BCUT2D eigenvalue weighted by Gasteiger charge is 2.12. The van der Waals surface area contributed by atoms with Gasteiger partial charge in [-0.2, -0.15) is 22.0 Å². The van der Waals surface area contributed by atoms with E-state index in [-0.39, 0.29) is 11.2 Å². The van der Waals surface area contributed by atoms with Crippen LogP contribution in [0.15, 0.2) is 298 Å². The number of thioether (sulfide) groups is 1. The van der Waals surface area contributed by atoms with Crippen molar-refractivity contribution in [1.82, 2.24) is 49.8 Å². The molecule has 0 aliphatic carbocycles. The molecular formula is C108H161N11O3S2. The molecule has 9 aromatic carbocycles. The van der Waals surface area contributed by atoms with Crippen LogP contribution in [0.3, 0.4) is 0 Å². The Morgan fingerprint density at radius 2 is 0.968 bits per heavy atom. The number of hydrogen-bond donors (Lipinski definition) is 1. The van der Waals surface area contributed by atoms with Crippen molar-refractivity contribution in [2.24, 2.45) is 10.9 Å². The van der Waals surface area contributed by atoms with E-state index < -0.39 is 0 Å². The number of aryl methyl sites for hydroxylation is 8. The molecule has 2 aliphatic rings. The average Bonchev–Trinajstić information content (AvgIpc) is 1.58. The van der Waals surface area contributed by atoms with Gasteiger partial charge in [-0.1, -0.05) is 374 Å². The van der Waals surface area contributed by atoms with Crippen LogP contribution in [-0.4, -0.2) is 67.5 Å². The predicted molar refractivity (Wildman–Crippen MR) is 554 cm³/mol. The molecule has 0 bridgehead atoms. The Kier molecular flexibility index (Phi) is 80.1. The highest BCUT2D eigenvalue weighted by Crippen LogP contribution is 2.23. The molecule has 0 amide bonds. The Labute approximate surface area is 760 Å². The van der Waals surface area contributed by atoms with Crippen molar-refractivity contribution in [2.45, 2.75) is 261 Å². The first-order valence-corrected chi connectivity index (χ1v) is 47.0. The molecule has 124 heavy (non-hydrogen) atoms. The summed E-state index contributed by atoms with van der Waals surface area (Å²) < 4.78 is 12.6. The topological polar surface area (TPSA) is 172 Å². The molecule has 1 saturated heterocycles. The van der Waals surface area contributed by atoms with Crippen LogP contribution in [0, 0.1) is 61.3 Å². The summed E-state index contributed by atoms with van der Waals surface area (Å²) in [6.45, 7) is 71.0. The van der Waals surface area contributed by atoms with Crippen LogP contribution in [0.25, 0.3) is 60.0 Å². The van der Waals surface area contributed by atoms with Crippen molar-refractivity contribution in [3.8, 4) is 16.8 Å². The number of fused-ring (bicyclic) bond motifs is 4. The number of rotatable bonds is 2. The summed E-state index contributed by atoms with van der Waals surface area (Å²) >= 11 is 3.71. The lowest BCUT2D eigenvalue weighted by atomic mass is 10.1. The molecule has 1 atom stereocenters. The Morgan fingerprint density at radius 1 is 0.476 bits per heavy atom. The number of aromatic nitrogens is 10. The highest BCUT2D eigenvalue weighted by molar-refractivity contribution is 7.99. The third-order valence-electron chi connectivity index (χ3n) is 15.6. The highest BCUT2D eigenvalue weighted by atomic mass is 32.2. The van der Waals surface area contributed by atoms with Gasteiger partial charge in [0.1, 0.15) is 31.0 Å². The fraction of sp³-hybridized carbons (Fsp3) is 0.380. The normalized spacial score (nSPS) is 10.5. The van der Waals surface area contributed by atoms with Crippen molar-refractivity contribution in [3.05, 3.63) is 334 Å². The van der Waals surface area contributed by atoms with E-state index in [1.54, 1.807) is 48.7 Å². The first-order valence-electron chi connectivity index (χ1n) is 44.9. The number of pyridine rings is 1. The van der Waals surface area contributed by atoms with Gasteiger partial charge < -0.3 is 9.05 Å². The second kappa shape index (κ2) is 81.7. The molecule has 0 saturated carbocycles. The van der Waals surface area contributed by atoms with E-state index in [1.165, 1.54) is 99.9 Å². The number of aliphatic imine (C=N–C) groups is 1. The fourth-order valence-electron chi connectivity index (χ4n) is 9.72. The Morgan fingerprint density at radius 3 is 1.33 bits per heavy atom. The second-order valence-electron chi connectivity index (χ2n) is 25.4. The third-order valence-corrected chi connectivity index (χ3v) is 17.6. The van der Waals surface area contributed by atoms with Crippen molar-refractivity contribution in [1.29, 1.82) is 0 Å². The second-order valence-corrected chi connectivity index (χ2v) is 27.3. The zero-order valence-corrected chi connectivity index (χ0v) is 84.6. The maximum atomic E-state index is 11.1. The van der Waals surface area contributed by atoms with E-state index >= 15 is 0 Å². The summed E-state index contributed by atoms with van der Waals surface area (Å²) in [4.78, 5) is 27.1. The Balaban J connectivity index is -0.000000412. The standard InChI is InChI=1S/3C11H10.C10H9NO.C10H9N.C9H9N3O.C6H11N3.C5H7N.C5H10S.C4H5NO.C4H5NS.11C2H6/c2*1-9-5-4-7-10-6-2-3-8-11(9)10;1-9-6-7-10-4-2-3-5-11(10)8-9;1-8-2-4-9(5-3-8)10-6-11-12-7-10;1-8-4-5-9-3-2-6-11-10(9)7-8;1-7-2-4-8(5-3-7)12-6-10-11-9(12)13;1-6(2,3)9-5-7-4-8-9;1-5-3-2-4-6-5;1-5-2-3-6-4-5;1-4-2-3-5-6-4;1-4-2-6-3-5-4;11*1-2/h3*2-8H,1H3;2-7H,1H3;2-7H,1H3;2-6H,1H3,(H,11,13);4-5H,1-3H3;3-4H,2H2,1H3;5H,2-4H2,1H3;2*2-3H,1H3;11*1-2H3. The quantitative estimate of drug-likeness (QED) is 0.175. The van der Waals surface area contributed by atoms with Crippen LogP contribution < -0.4 is 5.69 Å². The van der Waals surface area contributed by atoms with E-state index in [1.807, 2.05) is 238 Å². The van der Waals surface area contributed by atoms with Gasteiger partial charge >= 0.3 is 5.69 Å². The van der Waals surface area contributed by atoms with Gasteiger partial charge in [0.05, 0.1) is 34.6 Å². The maximum Gasteiger partial charge on any atom is 0.347 e. The van der Waals surface area contributed by atoms with E-state index in [9.17, 15) is 4.79 Å². The summed E-state index contributed by atoms with van der Waals surface area (Å²) in [5, 5.41) is 28.3. The summed E-state index contributed by atoms with van der Waals surface area (Å²) in [5.41, 5.74) is 15.7. The molecule has 14 nitrogen and oxygen atoms in total. The van der Waals surface area contributed by atoms with E-state index in [0.29, 0.717) is 0 Å². The van der Waals surface area contributed by atoms with Crippen LogP contribution in [0.2, 0.25) is 0 Å². The van der Waals surface area contributed by atoms with Crippen molar-refractivity contribution < 1.29 is 9.05 Å². The number of nitrogens with one attached hydrogen (secondary N) is 1. The molecule has 0 spiro atoms. The first kappa shape index (κ1) is 122. The molecule has 6 aromatic heterocycles. The van der Waals surface area contributed by atoms with Gasteiger partial charge in [-0.25, -0.2) is 24.1 Å². The summed E-state index contributed by atoms with van der Waals surface area (Å²) in [6.07, 6.45) is 18.0. The number of thiazole rings is 1. The van der Waals surface area contributed by atoms with Gasteiger partial charge in [-0.15, -0.1) is 11.3 Å². The number of benzene rings is 9. The lowest BCUT2D eigenvalue weighted by Gasteiger charge is -2.17. The molecule has 16 heteroatoms. The average molecular weight is 1730 g/mol. The van der Waals surface area contributed by atoms with Crippen LogP contribution in [0.1, 0.15) is 245 Å². The number of allylic oxidation sites excluding steroid dienone is 2. The summed E-state index contributed by atoms with van der Waals surface area (Å²) in [6, 6.07) is 72.6. The Bertz CT molecular complexity index is 4710. The molecule has 1 fully saturated rings. The molecule has 17 rings (SSSR count). The molecule has 0 radical (unpaired) electrons. The smallest absolute Gasteiger partial charge is 0.347 e. The number of nitrogens with zero attached hydrogens (tertiary/aromatic N) is 10. The molecule has 678 valence electrons. The monoisotopic (exact) mass is 1720 g/mol. The summed E-state index contributed by atoms with van der Waals surface area (Å²) in [7, 11) is 0. The number of H-pyrrole nitrogens is 1. The van der Waals surface area contributed by atoms with E-state index in [0.717, 1.165) is 51.8 Å². The van der Waals surface area contributed by atoms with Gasteiger partial charge in [0.25, 0.3) is 0 Å². The van der Waals surface area contributed by atoms with Crippen molar-refractivity contribution in [2.75, 3.05) is 11.5 Å². The van der Waals surface area contributed by atoms with Gasteiger partial charge in [0, 0.05) is 52.6 Å². The minimum Gasteiger partial charge on any atom is -0.364 e. The number of hydrogen-bond acceptors (Lipinski definition) is 13. The maximum absolute atomic E-state index is 11.1. The zero-order valence-electron chi connectivity index (χ0n) is 83.0. The molecule has 1 unspecified atom stereocenters. The molecule has 15 aromatic rings. The van der Waals surface area contributed by atoms with E-state index in [4.69, 9.17) is 4.52 Å². The van der Waals surface area contributed by atoms with Crippen LogP contribution in [-0.2, 0) is 5.54 Å². The van der Waals surface area contributed by atoms with Gasteiger partial charge in [-0.05, 0) is 186 Å². The van der Waals surface area contributed by atoms with Gasteiger partial charge in [0.2, 0.25) is 0 Å². The van der Waals surface area contributed by atoms with Crippen LogP contribution >= 0.6 is 23.1 Å². The fourth-order valence-corrected chi connectivity index (χ4v) is 11.6. The SMILES string of the molecule is CC.CC.CC.CC.CC.CC.CC.CC.CC.CC.CC.CC(C)(C)n1cncn1.CC1=CCC=N1.CC1CCSC1.Cc1ccc(-c2cnoc2)cc1.Cc1ccc(-n2cn[nH]c2=O)cc1.Cc1ccc2ccccc2c1.Cc1ccc2cccnc2c1.Cc1cccc2ccccc12.Cc1cccc2ccccc12.Cc1ccno1.Cc1cscn1. The Hall–Kier alpha value is -10.9. The number of aromatic amines is 1. The summed E-state index contributed by atoms with van der Waals surface area (Å²) in [5.74, 6) is 4.67. The van der Waals surface area contributed by atoms with Crippen molar-refractivity contribution >= 4 is 72.5 Å². The molecule has 8 heterocycles. The molecular weight excluding hydrogens is 1560 g/mol. The molecule has 2 aliphatic heterocycles. The van der Waals surface area contributed by atoms with Crippen LogP contribution in [0.5, 0.6) is 0 Å². The largest absolute Gasteiger partial charge is 0.364 e. The van der Waals surface area contributed by atoms with Crippen LogP contribution in [0.4, 0.5) is 0 Å². The third kappa shape index (κ3) is 54.5. The predicted octanol–water partition coefficient (Wildman–Crippen LogP) is 33.4. The minimum atomic E-state index is -0.219. The van der Waals surface area contributed by atoms with Crippen molar-refractivity contribution in [3.63, 3.8) is 0 Å². The first-order chi connectivity index (χ1) is 60.3.